The fraction of sp³-hybridized carbons (Fsp3) is 0.111. The van der Waals surface area contributed by atoms with E-state index in [4.69, 9.17) is 0 Å². The minimum atomic E-state index is -1.18. The highest BCUT2D eigenvalue weighted by atomic mass is 33.1. The van der Waals surface area contributed by atoms with E-state index in [9.17, 15) is 29.4 Å². The van der Waals surface area contributed by atoms with Crippen LogP contribution in [0, 0.1) is 0 Å². The maximum atomic E-state index is 11.4. The first-order valence-corrected chi connectivity index (χ1v) is 9.46. The highest BCUT2D eigenvalue weighted by molar-refractivity contribution is 8.76. The number of benzene rings is 2. The van der Waals surface area contributed by atoms with Crippen molar-refractivity contribution in [3.63, 3.8) is 0 Å². The molecule has 0 unspecified atom stereocenters. The Labute approximate surface area is 157 Å². The summed E-state index contributed by atoms with van der Waals surface area (Å²) in [5.41, 5.74) is 0.502. The number of hydrogen-bond acceptors (Lipinski definition) is 6. The van der Waals surface area contributed by atoms with E-state index in [2.05, 4.69) is 0 Å². The topological polar surface area (TPSA) is 109 Å². The Morgan fingerprint density at radius 1 is 0.692 bits per heavy atom. The molecule has 2 N–H and O–H groups in total. The summed E-state index contributed by atoms with van der Waals surface area (Å²) in [7, 11) is 2.14. The molecule has 6 nitrogen and oxygen atoms in total. The van der Waals surface area contributed by atoms with Crippen molar-refractivity contribution in [2.45, 2.75) is 23.6 Å². The highest BCUT2D eigenvalue weighted by Crippen LogP contribution is 2.41. The normalized spacial score (nSPS) is 10.4. The molecule has 0 atom stereocenters. The Balaban J connectivity index is 2.34. The number of carboxylic acid groups (broad SMARTS) is 2. The lowest BCUT2D eigenvalue weighted by atomic mass is 10.1. The number of Topliss-reactive ketones (excluding diaryl/α,β-unsaturated/α-hetero) is 2. The number of rotatable bonds is 7. The second-order valence-corrected chi connectivity index (χ2v) is 7.52. The van der Waals surface area contributed by atoms with Crippen LogP contribution >= 0.6 is 21.6 Å². The predicted molar refractivity (Wildman–Crippen MR) is 98.5 cm³/mol. The highest BCUT2D eigenvalue weighted by Gasteiger charge is 2.17. The number of carbonyl (C=O) groups is 4. The summed E-state index contributed by atoms with van der Waals surface area (Å²) in [6.45, 7) is 2.69. The van der Waals surface area contributed by atoms with Crippen LogP contribution in [0.2, 0.25) is 0 Å². The summed E-state index contributed by atoms with van der Waals surface area (Å²) >= 11 is 0. The molecule has 0 amide bonds. The minimum Gasteiger partial charge on any atom is -0.478 e. The fourth-order valence-corrected chi connectivity index (χ4v) is 4.38. The third kappa shape index (κ3) is 4.53. The van der Waals surface area contributed by atoms with Gasteiger partial charge < -0.3 is 10.2 Å². The van der Waals surface area contributed by atoms with Gasteiger partial charge in [0.2, 0.25) is 0 Å². The van der Waals surface area contributed by atoms with E-state index in [1.807, 2.05) is 0 Å². The van der Waals surface area contributed by atoms with E-state index in [0.29, 0.717) is 9.79 Å². The molecule has 134 valence electrons. The van der Waals surface area contributed by atoms with Crippen LogP contribution in [-0.4, -0.2) is 33.7 Å². The molecule has 2 rings (SSSR count). The van der Waals surface area contributed by atoms with Gasteiger partial charge in [0.15, 0.2) is 11.6 Å². The van der Waals surface area contributed by atoms with Gasteiger partial charge in [0, 0.05) is 20.9 Å². The molecule has 0 aliphatic carbocycles. The smallest absolute Gasteiger partial charge is 0.336 e. The Kier molecular flexibility index (Phi) is 6.23. The van der Waals surface area contributed by atoms with Crippen LogP contribution in [0.1, 0.15) is 55.3 Å². The molecule has 0 saturated heterocycles. The number of carboxylic acids is 2. The van der Waals surface area contributed by atoms with Crippen LogP contribution in [0.25, 0.3) is 0 Å². The number of carbonyl (C=O) groups excluding carboxylic acids is 2. The molecule has 0 aromatic heterocycles. The Hall–Kier alpha value is -2.58. The molecule has 0 saturated carbocycles. The molecule has 0 spiro atoms. The summed E-state index contributed by atoms with van der Waals surface area (Å²) in [5.74, 6) is -2.85. The summed E-state index contributed by atoms with van der Waals surface area (Å²) in [4.78, 5) is 46.5. The molecule has 26 heavy (non-hydrogen) atoms. The lowest BCUT2D eigenvalue weighted by molar-refractivity contribution is 0.0682. The molecule has 0 fully saturated rings. The molecule has 0 aliphatic heterocycles. The number of hydrogen-bond donors (Lipinski definition) is 2. The van der Waals surface area contributed by atoms with Gasteiger partial charge in [0.25, 0.3) is 0 Å². The van der Waals surface area contributed by atoms with Crippen molar-refractivity contribution in [3.8, 4) is 0 Å². The summed E-state index contributed by atoms with van der Waals surface area (Å²) in [5, 5.41) is 18.7. The average Bonchev–Trinajstić information content (AvgIpc) is 2.59. The molecule has 0 radical (unpaired) electrons. The van der Waals surface area contributed by atoms with Gasteiger partial charge in [0.1, 0.15) is 0 Å². The van der Waals surface area contributed by atoms with Crippen LogP contribution in [-0.2, 0) is 0 Å². The molecule has 8 heteroatoms. The van der Waals surface area contributed by atoms with Crippen molar-refractivity contribution in [2.24, 2.45) is 0 Å². The van der Waals surface area contributed by atoms with Crippen molar-refractivity contribution in [2.75, 3.05) is 0 Å². The zero-order valence-corrected chi connectivity index (χ0v) is 15.4. The first kappa shape index (κ1) is 19.7. The van der Waals surface area contributed by atoms with Crippen molar-refractivity contribution in [3.05, 3.63) is 58.7 Å². The van der Waals surface area contributed by atoms with Gasteiger partial charge in [0.05, 0.1) is 11.1 Å². The van der Waals surface area contributed by atoms with Gasteiger partial charge >= 0.3 is 11.9 Å². The maximum absolute atomic E-state index is 11.4. The van der Waals surface area contributed by atoms with Gasteiger partial charge in [-0.2, -0.15) is 0 Å². The molecular formula is C18H14O6S2. The van der Waals surface area contributed by atoms with Gasteiger partial charge in [-0.15, -0.1) is 0 Å². The predicted octanol–water partition coefficient (Wildman–Crippen LogP) is 4.29. The van der Waals surface area contributed by atoms with Crippen LogP contribution in [0.5, 0.6) is 0 Å². The van der Waals surface area contributed by atoms with E-state index >= 15 is 0 Å². The quantitative estimate of drug-likeness (QED) is 0.532. The van der Waals surface area contributed by atoms with Crippen molar-refractivity contribution in [1.29, 1.82) is 0 Å². The van der Waals surface area contributed by atoms with E-state index in [1.165, 1.54) is 50.2 Å². The molecule has 2 aromatic rings. The maximum Gasteiger partial charge on any atom is 0.336 e. The van der Waals surface area contributed by atoms with E-state index in [-0.39, 0.29) is 33.8 Å². The second kappa shape index (κ2) is 8.20. The average molecular weight is 390 g/mol. The van der Waals surface area contributed by atoms with Crippen LogP contribution in [0.3, 0.4) is 0 Å². The lowest BCUT2D eigenvalue weighted by Gasteiger charge is -2.09. The van der Waals surface area contributed by atoms with E-state index in [1.54, 1.807) is 0 Å². The fourth-order valence-electron chi connectivity index (χ4n) is 2.07. The lowest BCUT2D eigenvalue weighted by Crippen LogP contribution is -2.03. The van der Waals surface area contributed by atoms with E-state index in [0.717, 1.165) is 21.6 Å². The second-order valence-electron chi connectivity index (χ2n) is 5.31. The van der Waals surface area contributed by atoms with Gasteiger partial charge in [-0.25, -0.2) is 9.59 Å². The summed E-state index contributed by atoms with van der Waals surface area (Å²) in [6.07, 6.45) is 0. The summed E-state index contributed by atoms with van der Waals surface area (Å²) < 4.78 is 0. The zero-order chi connectivity index (χ0) is 19.4. The first-order valence-electron chi connectivity index (χ1n) is 7.31. The van der Waals surface area contributed by atoms with E-state index < -0.39 is 11.9 Å². The molecule has 0 bridgehead atoms. The Morgan fingerprint density at radius 3 is 1.31 bits per heavy atom. The summed E-state index contributed by atoms with van der Waals surface area (Å²) in [6, 6.07) is 8.67. The van der Waals surface area contributed by atoms with Crippen LogP contribution in [0.15, 0.2) is 46.2 Å². The monoisotopic (exact) mass is 390 g/mol. The largest absolute Gasteiger partial charge is 0.478 e. The standard InChI is InChI=1S/C18H14O6S2/c1-9(19)11-3-5-15(13(7-11)17(21)22)25-26-16-6-4-12(10(2)20)8-14(16)18(23)24/h3-8H,1-2H3,(H,21,22)(H,23,24). The van der Waals surface area contributed by atoms with Crippen LogP contribution in [0.4, 0.5) is 0 Å². The van der Waals surface area contributed by atoms with Gasteiger partial charge in [-0.1, -0.05) is 33.7 Å². The molecule has 0 aliphatic rings. The van der Waals surface area contributed by atoms with Crippen molar-refractivity contribution >= 4 is 45.1 Å². The Morgan fingerprint density at radius 2 is 1.04 bits per heavy atom. The number of ketones is 2. The Bertz CT molecular complexity index is 844. The van der Waals surface area contributed by atoms with Gasteiger partial charge in [-0.05, 0) is 38.1 Å². The molecule has 0 heterocycles. The SMILES string of the molecule is CC(=O)c1ccc(SSc2ccc(C(C)=O)cc2C(=O)O)c(C(=O)O)c1. The molecule has 2 aromatic carbocycles. The van der Waals surface area contributed by atoms with Gasteiger partial charge in [-0.3, -0.25) is 9.59 Å². The van der Waals surface area contributed by atoms with Crippen molar-refractivity contribution < 1.29 is 29.4 Å². The first-order chi connectivity index (χ1) is 12.2. The zero-order valence-electron chi connectivity index (χ0n) is 13.8. The molecular weight excluding hydrogens is 376 g/mol. The van der Waals surface area contributed by atoms with Crippen molar-refractivity contribution in [1.82, 2.24) is 0 Å². The third-order valence-corrected chi connectivity index (χ3v) is 5.94. The minimum absolute atomic E-state index is 0.0348. The number of aromatic carboxylic acids is 2. The third-order valence-electron chi connectivity index (χ3n) is 3.45. The van der Waals surface area contributed by atoms with Crippen LogP contribution < -0.4 is 0 Å².